The molecule has 2 unspecified atom stereocenters. The van der Waals surface area contributed by atoms with E-state index in [1.54, 1.807) is 16.4 Å². The number of piperazine rings is 1. The van der Waals surface area contributed by atoms with Crippen LogP contribution in [-0.2, 0) is 10.0 Å². The van der Waals surface area contributed by atoms with Crippen LogP contribution in [0.15, 0.2) is 29.2 Å². The second kappa shape index (κ2) is 5.44. The fourth-order valence-electron chi connectivity index (χ4n) is 2.06. The number of hydrogen-bond donors (Lipinski definition) is 1. The summed E-state index contributed by atoms with van der Waals surface area (Å²) in [6.45, 7) is 5.16. The number of nitrogens with one attached hydrogen (secondary N) is 1. The van der Waals surface area contributed by atoms with Gasteiger partial charge in [0.05, 0.1) is 4.90 Å². The van der Waals surface area contributed by atoms with Crippen LogP contribution in [0.3, 0.4) is 0 Å². The quantitative estimate of drug-likeness (QED) is 0.795. The standard InChI is InChI=1S/C12H17IN2O2S/c1-9-8-15(10(2)7-14-9)18(16,17)12-5-3-11(13)4-6-12/h3-6,9-10,14H,7-8H2,1-2H3. The molecule has 6 heteroatoms. The lowest BCUT2D eigenvalue weighted by Gasteiger charge is -2.36. The molecule has 0 bridgehead atoms. The Bertz CT molecular complexity index is 515. The van der Waals surface area contributed by atoms with Crippen molar-refractivity contribution in [3.63, 3.8) is 0 Å². The van der Waals surface area contributed by atoms with E-state index in [-0.39, 0.29) is 12.1 Å². The molecule has 0 radical (unpaired) electrons. The molecule has 1 aliphatic rings. The molecular formula is C12H17IN2O2S. The van der Waals surface area contributed by atoms with Crippen molar-refractivity contribution in [2.45, 2.75) is 30.8 Å². The predicted molar refractivity (Wildman–Crippen MR) is 80.0 cm³/mol. The molecule has 18 heavy (non-hydrogen) atoms. The third-order valence-electron chi connectivity index (χ3n) is 3.13. The molecule has 1 aromatic rings. The minimum Gasteiger partial charge on any atom is -0.311 e. The monoisotopic (exact) mass is 380 g/mol. The third-order valence-corrected chi connectivity index (χ3v) is 5.84. The van der Waals surface area contributed by atoms with Crippen LogP contribution >= 0.6 is 22.6 Å². The molecule has 0 aromatic heterocycles. The van der Waals surface area contributed by atoms with Gasteiger partial charge < -0.3 is 5.32 Å². The molecule has 0 amide bonds. The van der Waals surface area contributed by atoms with E-state index in [1.165, 1.54) is 0 Å². The van der Waals surface area contributed by atoms with Gasteiger partial charge in [0.1, 0.15) is 0 Å². The van der Waals surface area contributed by atoms with E-state index in [9.17, 15) is 8.42 Å². The van der Waals surface area contributed by atoms with Crippen molar-refractivity contribution in [1.82, 2.24) is 9.62 Å². The third kappa shape index (κ3) is 2.87. The number of rotatable bonds is 2. The van der Waals surface area contributed by atoms with Crippen molar-refractivity contribution >= 4 is 32.6 Å². The van der Waals surface area contributed by atoms with Crippen molar-refractivity contribution in [2.75, 3.05) is 13.1 Å². The zero-order valence-electron chi connectivity index (χ0n) is 10.4. The minimum atomic E-state index is -3.37. The number of nitrogens with zero attached hydrogens (tertiary/aromatic N) is 1. The van der Waals surface area contributed by atoms with Crippen LogP contribution in [0.2, 0.25) is 0 Å². The van der Waals surface area contributed by atoms with Crippen molar-refractivity contribution in [2.24, 2.45) is 0 Å². The summed E-state index contributed by atoms with van der Waals surface area (Å²) < 4.78 is 27.7. The van der Waals surface area contributed by atoms with Gasteiger partial charge in [-0.2, -0.15) is 4.31 Å². The smallest absolute Gasteiger partial charge is 0.243 e. The van der Waals surface area contributed by atoms with Crippen molar-refractivity contribution in [3.05, 3.63) is 27.8 Å². The molecule has 1 N–H and O–H groups in total. The number of hydrogen-bond acceptors (Lipinski definition) is 3. The molecule has 2 atom stereocenters. The summed E-state index contributed by atoms with van der Waals surface area (Å²) in [7, 11) is -3.37. The largest absolute Gasteiger partial charge is 0.311 e. The summed E-state index contributed by atoms with van der Waals surface area (Å²) in [5.74, 6) is 0. The molecular weight excluding hydrogens is 363 g/mol. The van der Waals surface area contributed by atoms with Crippen LogP contribution in [0.5, 0.6) is 0 Å². The van der Waals surface area contributed by atoms with Gasteiger partial charge in [-0.1, -0.05) is 0 Å². The van der Waals surface area contributed by atoms with Crippen molar-refractivity contribution in [1.29, 1.82) is 0 Å². The second-order valence-corrected chi connectivity index (χ2v) is 7.82. The average molecular weight is 380 g/mol. The molecule has 0 aliphatic carbocycles. The molecule has 1 aliphatic heterocycles. The minimum absolute atomic E-state index is 0.00882. The first-order chi connectivity index (χ1) is 8.41. The number of benzene rings is 1. The van der Waals surface area contributed by atoms with Gasteiger partial charge in [-0.05, 0) is 60.7 Å². The maximum Gasteiger partial charge on any atom is 0.243 e. The first-order valence-corrected chi connectivity index (χ1v) is 8.44. The Morgan fingerprint density at radius 2 is 1.89 bits per heavy atom. The molecule has 1 heterocycles. The molecule has 1 saturated heterocycles. The lowest BCUT2D eigenvalue weighted by atomic mass is 10.2. The molecule has 0 saturated carbocycles. The van der Waals surface area contributed by atoms with Crippen LogP contribution in [0.1, 0.15) is 13.8 Å². The number of halogens is 1. The SMILES string of the molecule is CC1CN(S(=O)(=O)c2ccc(I)cc2)C(C)CN1. The van der Waals surface area contributed by atoms with Crippen LogP contribution in [0.25, 0.3) is 0 Å². The molecule has 0 spiro atoms. The summed E-state index contributed by atoms with van der Waals surface area (Å²) in [4.78, 5) is 0.379. The van der Waals surface area contributed by atoms with Gasteiger partial charge in [0.25, 0.3) is 0 Å². The van der Waals surface area contributed by atoms with Crippen LogP contribution in [-0.4, -0.2) is 37.9 Å². The molecule has 4 nitrogen and oxygen atoms in total. The molecule has 100 valence electrons. The Hall–Kier alpha value is -0.180. The zero-order valence-corrected chi connectivity index (χ0v) is 13.4. The van der Waals surface area contributed by atoms with Gasteiger partial charge in [-0.3, -0.25) is 0 Å². The predicted octanol–water partition coefficient (Wildman–Crippen LogP) is 1.66. The van der Waals surface area contributed by atoms with E-state index in [1.807, 2.05) is 26.0 Å². The Balaban J connectivity index is 2.32. The van der Waals surface area contributed by atoms with E-state index in [4.69, 9.17) is 0 Å². The highest BCUT2D eigenvalue weighted by Crippen LogP contribution is 2.21. The van der Waals surface area contributed by atoms with Gasteiger partial charge in [-0.25, -0.2) is 8.42 Å². The topological polar surface area (TPSA) is 49.4 Å². The number of sulfonamides is 1. The van der Waals surface area contributed by atoms with Crippen molar-refractivity contribution in [3.8, 4) is 0 Å². The summed E-state index contributed by atoms with van der Waals surface area (Å²) in [5.41, 5.74) is 0. The Morgan fingerprint density at radius 1 is 1.28 bits per heavy atom. The van der Waals surface area contributed by atoms with Gasteiger partial charge in [-0.15, -0.1) is 0 Å². The van der Waals surface area contributed by atoms with Gasteiger partial charge in [0.15, 0.2) is 0 Å². The van der Waals surface area contributed by atoms with Crippen LogP contribution in [0.4, 0.5) is 0 Å². The van der Waals surface area contributed by atoms with E-state index >= 15 is 0 Å². The zero-order chi connectivity index (χ0) is 13.3. The maximum atomic E-state index is 12.6. The molecule has 1 fully saturated rings. The first kappa shape index (κ1) is 14.2. The highest BCUT2D eigenvalue weighted by molar-refractivity contribution is 14.1. The fraction of sp³-hybridized carbons (Fsp3) is 0.500. The lowest BCUT2D eigenvalue weighted by Crippen LogP contribution is -2.56. The van der Waals surface area contributed by atoms with Gasteiger partial charge in [0, 0.05) is 28.7 Å². The lowest BCUT2D eigenvalue weighted by molar-refractivity contribution is 0.244. The van der Waals surface area contributed by atoms with Gasteiger partial charge >= 0.3 is 0 Å². The highest BCUT2D eigenvalue weighted by atomic mass is 127. The second-order valence-electron chi connectivity index (χ2n) is 4.69. The van der Waals surface area contributed by atoms with Crippen LogP contribution in [0, 0.1) is 3.57 Å². The Labute approximate surface area is 122 Å². The maximum absolute atomic E-state index is 12.6. The van der Waals surface area contributed by atoms with Crippen LogP contribution < -0.4 is 5.32 Å². The molecule has 2 rings (SSSR count). The van der Waals surface area contributed by atoms with E-state index in [2.05, 4.69) is 27.9 Å². The summed E-state index contributed by atoms with van der Waals surface area (Å²) in [5, 5.41) is 3.29. The highest BCUT2D eigenvalue weighted by Gasteiger charge is 2.33. The van der Waals surface area contributed by atoms with E-state index in [0.717, 1.165) is 3.57 Å². The fourth-order valence-corrected chi connectivity index (χ4v) is 4.14. The summed E-state index contributed by atoms with van der Waals surface area (Å²) in [6.07, 6.45) is 0. The average Bonchev–Trinajstić information content (AvgIpc) is 2.32. The Kier molecular flexibility index (Phi) is 4.30. The van der Waals surface area contributed by atoms with Gasteiger partial charge in [0.2, 0.25) is 10.0 Å². The summed E-state index contributed by atoms with van der Waals surface area (Å²) >= 11 is 2.17. The first-order valence-electron chi connectivity index (χ1n) is 5.92. The van der Waals surface area contributed by atoms with E-state index in [0.29, 0.717) is 18.0 Å². The normalized spacial score (nSPS) is 26.2. The summed E-state index contributed by atoms with van der Waals surface area (Å²) in [6, 6.07) is 7.19. The Morgan fingerprint density at radius 3 is 2.50 bits per heavy atom. The van der Waals surface area contributed by atoms with Crippen molar-refractivity contribution < 1.29 is 8.42 Å². The molecule has 1 aromatic carbocycles. The van der Waals surface area contributed by atoms with E-state index < -0.39 is 10.0 Å².